The van der Waals surface area contributed by atoms with Gasteiger partial charge in [-0.2, -0.15) is 0 Å². The lowest BCUT2D eigenvalue weighted by molar-refractivity contribution is 0.319. The van der Waals surface area contributed by atoms with Crippen LogP contribution >= 0.6 is 0 Å². The zero-order chi connectivity index (χ0) is 58.9. The first-order chi connectivity index (χ1) is 40.9. The normalized spacial score (nSPS) is 14.4. The van der Waals surface area contributed by atoms with Gasteiger partial charge in [0.1, 0.15) is 0 Å². The van der Waals surface area contributed by atoms with E-state index in [0.29, 0.717) is 0 Å². The van der Waals surface area contributed by atoms with Crippen LogP contribution in [0.15, 0.2) is 187 Å². The van der Waals surface area contributed by atoms with Crippen molar-refractivity contribution < 1.29 is 0 Å². The van der Waals surface area contributed by atoms with Crippen LogP contribution in [0, 0.1) is 11.8 Å². The highest BCUT2D eigenvalue weighted by atomic mass is 15.1. The average Bonchev–Trinajstić information content (AvgIpc) is 4.34. The standard InChI is InChI=1S/2C10H16N2.C8H12N2.2C8H14N2.2C8H12N2.C7H10N2/c1-2-4-10(5-3-1)8-12-7-6-11-9-12;1-2-4-6-10(5-3-1)12-8-7-11-9-12;1-2-4-8(3-1)10-6-5-9-7-10;1-8(2)3-5-10-6-4-9-7-10;3*1-2-3-4-6-10-7-5-9-8-10;1-2-3-5-9-6-4-8-7-9/h6-7,9-10H,1-5,8H2;7-10H,1-6H2;5-8H,1-4H2;4,6-8H,3,5H2,1-2H3;5,7-8H,2-4,6H2,1H3;3-5,7-8H,2,6H2,1H3;2,5,7-8H,1,3-4,6H2;2-4,6-7H,5H2,1H3. The molecule has 3 saturated carbocycles. The second kappa shape index (κ2) is 46.4. The van der Waals surface area contributed by atoms with Crippen LogP contribution in [0.3, 0.4) is 0 Å². The molecule has 16 heteroatoms. The molecule has 3 aliphatic carbocycles. The van der Waals surface area contributed by atoms with E-state index in [2.05, 4.69) is 138 Å². The fourth-order valence-corrected chi connectivity index (χ4v) is 9.80. The van der Waals surface area contributed by atoms with Gasteiger partial charge in [0.15, 0.2) is 0 Å². The lowest BCUT2D eigenvalue weighted by Crippen LogP contribution is -2.12. The molecule has 16 nitrogen and oxygen atoms in total. The fourth-order valence-electron chi connectivity index (χ4n) is 9.80. The number of nitrogens with zero attached hydrogens (tertiary/aromatic N) is 16. The van der Waals surface area contributed by atoms with Crippen LogP contribution in [0.1, 0.15) is 188 Å². The van der Waals surface area contributed by atoms with E-state index in [-0.39, 0.29) is 0 Å². The average molecular weight is 1140 g/mol. The first-order valence-corrected chi connectivity index (χ1v) is 31.5. The van der Waals surface area contributed by atoms with Crippen LogP contribution < -0.4 is 0 Å². The van der Waals surface area contributed by atoms with Crippen LogP contribution in [0.5, 0.6) is 0 Å². The minimum absolute atomic E-state index is 0.731. The summed E-state index contributed by atoms with van der Waals surface area (Å²) in [6.07, 6.45) is 85.4. The zero-order valence-corrected chi connectivity index (χ0v) is 51.7. The van der Waals surface area contributed by atoms with Crippen molar-refractivity contribution in [2.24, 2.45) is 11.8 Å². The Morgan fingerprint density at radius 1 is 0.434 bits per heavy atom. The number of hydrogen-bond acceptors (Lipinski definition) is 8. The molecule has 11 rings (SSSR count). The summed E-state index contributed by atoms with van der Waals surface area (Å²) in [6, 6.07) is 1.48. The molecule has 8 aromatic rings. The number of unbranched alkanes of at least 4 members (excludes halogenated alkanes) is 3. The van der Waals surface area contributed by atoms with Gasteiger partial charge in [0.2, 0.25) is 0 Å². The smallest absolute Gasteiger partial charge is 0.0948 e. The minimum atomic E-state index is 0.731. The Morgan fingerprint density at radius 2 is 0.831 bits per heavy atom. The largest absolute Gasteiger partial charge is 0.337 e. The van der Waals surface area contributed by atoms with Gasteiger partial charge >= 0.3 is 0 Å². The number of allylic oxidation sites excluding steroid dienone is 5. The highest BCUT2D eigenvalue weighted by molar-refractivity contribution is 4.87. The van der Waals surface area contributed by atoms with Gasteiger partial charge in [-0.25, -0.2) is 39.9 Å². The van der Waals surface area contributed by atoms with Crippen molar-refractivity contribution in [2.75, 3.05) is 0 Å². The molecule has 8 heterocycles. The Hall–Kier alpha value is -7.10. The molecular weight excluding hydrogens is 1030 g/mol. The van der Waals surface area contributed by atoms with Crippen LogP contribution in [0.4, 0.5) is 0 Å². The summed E-state index contributed by atoms with van der Waals surface area (Å²) in [5.41, 5.74) is 0. The Balaban J connectivity index is 0.000000204. The summed E-state index contributed by atoms with van der Waals surface area (Å²) in [5.74, 6) is 1.69. The maximum Gasteiger partial charge on any atom is 0.0948 e. The molecule has 454 valence electrons. The SMILES string of the molecule is C=CCCCn1ccnc1.CC(C)CCn1ccnc1.CC=CCn1ccnc1.CCC=CCn1ccnc1.CCCCCn1ccnc1.c1cn(C2CCCC2)cn1.c1cn(C2CCCCCC2)cn1.c1cn(CC2CCCCC2)cn1. The molecule has 0 aromatic carbocycles. The summed E-state index contributed by atoms with van der Waals surface area (Å²) in [6.45, 7) is 20.8. The predicted molar refractivity (Wildman–Crippen MR) is 341 cm³/mol. The third kappa shape index (κ3) is 33.6. The zero-order valence-electron chi connectivity index (χ0n) is 51.7. The number of aryl methyl sites for hydroxylation is 3. The van der Waals surface area contributed by atoms with E-state index in [1.165, 1.54) is 129 Å². The number of rotatable bonds is 20. The number of imidazole rings is 8. The molecule has 0 saturated heterocycles. The van der Waals surface area contributed by atoms with Gasteiger partial charge in [-0.05, 0) is 89.4 Å². The van der Waals surface area contributed by atoms with Crippen molar-refractivity contribution in [1.29, 1.82) is 0 Å². The van der Waals surface area contributed by atoms with Gasteiger partial charge in [0.25, 0.3) is 0 Å². The highest BCUT2D eigenvalue weighted by Crippen LogP contribution is 2.29. The number of hydrogen-bond donors (Lipinski definition) is 0. The maximum atomic E-state index is 4.09. The molecule has 0 bridgehead atoms. The van der Waals surface area contributed by atoms with Crippen molar-refractivity contribution in [3.8, 4) is 0 Å². The van der Waals surface area contributed by atoms with E-state index in [1.807, 2.05) is 134 Å². The Labute approximate surface area is 500 Å². The van der Waals surface area contributed by atoms with E-state index in [0.717, 1.165) is 75.9 Å². The summed E-state index contributed by atoms with van der Waals surface area (Å²) < 4.78 is 17.1. The van der Waals surface area contributed by atoms with Crippen molar-refractivity contribution in [3.05, 3.63) is 187 Å². The molecule has 3 fully saturated rings. The monoisotopic (exact) mass is 1130 g/mol. The second-order valence-corrected chi connectivity index (χ2v) is 22.1. The molecule has 0 aliphatic heterocycles. The first kappa shape index (κ1) is 68.4. The Kier molecular flexibility index (Phi) is 38.2. The molecule has 0 unspecified atom stereocenters. The van der Waals surface area contributed by atoms with Gasteiger partial charge in [-0.3, -0.25) is 0 Å². The fraction of sp³-hybridized carbons (Fsp3) is 0.552. The van der Waals surface area contributed by atoms with Gasteiger partial charge in [-0.1, -0.05) is 129 Å². The second-order valence-electron chi connectivity index (χ2n) is 22.1. The van der Waals surface area contributed by atoms with E-state index in [9.17, 15) is 0 Å². The van der Waals surface area contributed by atoms with Gasteiger partial charge in [0, 0.05) is 151 Å². The van der Waals surface area contributed by atoms with Crippen LogP contribution in [0.25, 0.3) is 0 Å². The summed E-state index contributed by atoms with van der Waals surface area (Å²) >= 11 is 0. The molecule has 8 aromatic heterocycles. The topological polar surface area (TPSA) is 143 Å². The van der Waals surface area contributed by atoms with E-state index in [1.54, 1.807) is 24.9 Å². The third-order valence-electron chi connectivity index (χ3n) is 14.7. The molecule has 3 aliphatic rings. The highest BCUT2D eigenvalue weighted by Gasteiger charge is 2.16. The van der Waals surface area contributed by atoms with Gasteiger partial charge < -0.3 is 36.5 Å². The van der Waals surface area contributed by atoms with Crippen molar-refractivity contribution in [2.45, 2.75) is 227 Å². The lowest BCUT2D eigenvalue weighted by Gasteiger charge is -2.21. The van der Waals surface area contributed by atoms with Crippen LogP contribution in [-0.2, 0) is 39.3 Å². The quantitative estimate of drug-likeness (QED) is 0.0417. The summed E-state index contributed by atoms with van der Waals surface area (Å²) in [4.78, 5) is 31.9. The Bertz CT molecular complexity index is 2550. The van der Waals surface area contributed by atoms with Gasteiger partial charge in [0.05, 0.1) is 50.6 Å². The Morgan fingerprint density at radius 3 is 1.24 bits per heavy atom. The minimum Gasteiger partial charge on any atom is -0.337 e. The van der Waals surface area contributed by atoms with Crippen molar-refractivity contribution >= 4 is 0 Å². The molecule has 0 radical (unpaired) electrons. The molecule has 0 spiro atoms. The van der Waals surface area contributed by atoms with E-state index < -0.39 is 0 Å². The molecular formula is C67H106N16. The molecule has 0 N–H and O–H groups in total. The number of aromatic nitrogens is 16. The van der Waals surface area contributed by atoms with Crippen molar-refractivity contribution in [1.82, 2.24) is 76.4 Å². The first-order valence-electron chi connectivity index (χ1n) is 31.5. The lowest BCUT2D eigenvalue weighted by atomic mass is 9.89. The third-order valence-corrected chi connectivity index (χ3v) is 14.7. The summed E-state index contributed by atoms with van der Waals surface area (Å²) in [7, 11) is 0. The maximum absolute atomic E-state index is 4.09. The van der Waals surface area contributed by atoms with Crippen LogP contribution in [0.2, 0.25) is 0 Å². The molecule has 0 amide bonds. The van der Waals surface area contributed by atoms with Crippen LogP contribution in [-0.4, -0.2) is 76.4 Å². The van der Waals surface area contributed by atoms with Crippen molar-refractivity contribution in [3.63, 3.8) is 0 Å². The van der Waals surface area contributed by atoms with E-state index >= 15 is 0 Å². The predicted octanol–water partition coefficient (Wildman–Crippen LogP) is 16.4. The summed E-state index contributed by atoms with van der Waals surface area (Å²) in [5, 5.41) is 0. The van der Waals surface area contributed by atoms with Gasteiger partial charge in [-0.15, -0.1) is 6.58 Å². The van der Waals surface area contributed by atoms with E-state index in [4.69, 9.17) is 0 Å². The molecule has 0 atom stereocenters. The molecule has 83 heavy (non-hydrogen) atoms.